The fourth-order valence-corrected chi connectivity index (χ4v) is 4.97. The predicted octanol–water partition coefficient (Wildman–Crippen LogP) is 4.28. The van der Waals surface area contributed by atoms with Crippen molar-refractivity contribution in [1.82, 2.24) is 4.98 Å². The molecular weight excluding hydrogens is 529 g/mol. The Hall–Kier alpha value is -3.61. The van der Waals surface area contributed by atoms with Crippen LogP contribution in [0.4, 0.5) is 27.6 Å². The molecule has 3 N–H and O–H groups in total. The molecule has 4 atom stereocenters. The van der Waals surface area contributed by atoms with E-state index in [0.29, 0.717) is 0 Å². The third-order valence-corrected chi connectivity index (χ3v) is 7.60. The number of Topliss-reactive ketones (excluding diaryl/α,β-unsaturated/α-hetero) is 1. The monoisotopic (exact) mass is 555 g/mol. The van der Waals surface area contributed by atoms with E-state index in [1.54, 1.807) is 0 Å². The summed E-state index contributed by atoms with van der Waals surface area (Å²) in [6.07, 6.45) is -5.80. The van der Waals surface area contributed by atoms with Gasteiger partial charge in [-0.25, -0.2) is 4.39 Å². The first-order valence-electron chi connectivity index (χ1n) is 12.1. The molecule has 39 heavy (non-hydrogen) atoms. The number of alkyl halides is 3. The molecule has 2 aliphatic rings. The highest BCUT2D eigenvalue weighted by molar-refractivity contribution is 5.97. The summed E-state index contributed by atoms with van der Waals surface area (Å²) in [4.78, 5) is 40.1. The molecule has 2 amide bonds. The number of nitrogens with zero attached hydrogens (tertiary/aromatic N) is 1. The fraction of sp³-hybridized carbons (Fsp3) is 0.462. The summed E-state index contributed by atoms with van der Waals surface area (Å²) < 4.78 is 83.0. The lowest BCUT2D eigenvalue weighted by Crippen LogP contribution is -2.47. The molecule has 1 aromatic heterocycles. The Morgan fingerprint density at radius 1 is 1.18 bits per heavy atom. The molecule has 2 fully saturated rings. The molecule has 4 rings (SSSR count). The highest BCUT2D eigenvalue weighted by atomic mass is 19.4. The van der Waals surface area contributed by atoms with Gasteiger partial charge >= 0.3 is 6.18 Å². The smallest absolute Gasteiger partial charge is 0.417 e. The number of amides is 2. The van der Waals surface area contributed by atoms with Gasteiger partial charge < -0.3 is 20.5 Å². The van der Waals surface area contributed by atoms with Crippen molar-refractivity contribution < 1.29 is 45.8 Å². The zero-order valence-electron chi connectivity index (χ0n) is 21.1. The standard InChI is InChI=1S/C26H26F5N3O5/c1-11-19(16-4-5-17(27)20(28)21(16)38-15-8-13(9-15)12(2)35)22(39-25(11,3)26(29,30)31)24(37)34-14-6-7-33-18(10-14)23(32)36/h4-7,10-11,13,15,19,22H,8-9H2,1-3H3,(H2,32,36)(H,33,34,37)/t11-,13-,15+,19-,22+,25+/m0/s1. The van der Waals surface area contributed by atoms with E-state index in [0.717, 1.165) is 25.1 Å². The number of carbonyl (C=O) groups excluding carboxylic acids is 3. The van der Waals surface area contributed by atoms with Gasteiger partial charge in [-0.1, -0.05) is 13.0 Å². The number of rotatable bonds is 7. The Morgan fingerprint density at radius 3 is 2.44 bits per heavy atom. The molecule has 1 saturated heterocycles. The molecule has 1 aliphatic heterocycles. The molecule has 13 heteroatoms. The third-order valence-electron chi connectivity index (χ3n) is 7.60. The van der Waals surface area contributed by atoms with Crippen molar-refractivity contribution in [1.29, 1.82) is 0 Å². The number of nitrogens with one attached hydrogen (secondary N) is 1. The van der Waals surface area contributed by atoms with Crippen molar-refractivity contribution in [3.05, 3.63) is 53.4 Å². The van der Waals surface area contributed by atoms with Crippen LogP contribution in [0.25, 0.3) is 0 Å². The van der Waals surface area contributed by atoms with E-state index >= 15 is 4.39 Å². The second-order valence-corrected chi connectivity index (χ2v) is 10.0. The topological polar surface area (TPSA) is 121 Å². The maximum Gasteiger partial charge on any atom is 0.417 e. The summed E-state index contributed by atoms with van der Waals surface area (Å²) in [7, 11) is 0. The summed E-state index contributed by atoms with van der Waals surface area (Å²) in [5.74, 6) is -8.57. The van der Waals surface area contributed by atoms with Gasteiger partial charge in [-0.2, -0.15) is 17.6 Å². The van der Waals surface area contributed by atoms with E-state index in [2.05, 4.69) is 10.3 Å². The van der Waals surface area contributed by atoms with Gasteiger partial charge in [0.1, 0.15) is 23.7 Å². The summed E-state index contributed by atoms with van der Waals surface area (Å²) in [6.45, 7) is 3.37. The number of anilines is 1. The number of ether oxygens (including phenoxy) is 2. The second kappa shape index (κ2) is 10.2. The van der Waals surface area contributed by atoms with Crippen molar-refractivity contribution in [2.24, 2.45) is 17.6 Å². The van der Waals surface area contributed by atoms with Crippen LogP contribution >= 0.6 is 0 Å². The zero-order valence-corrected chi connectivity index (χ0v) is 21.1. The first-order valence-corrected chi connectivity index (χ1v) is 12.1. The molecule has 1 saturated carbocycles. The zero-order chi connectivity index (χ0) is 28.9. The minimum atomic E-state index is -4.93. The maximum absolute atomic E-state index is 15.1. The maximum atomic E-state index is 15.1. The number of ketones is 1. The quantitative estimate of drug-likeness (QED) is 0.492. The minimum Gasteiger partial charge on any atom is -0.487 e. The van der Waals surface area contributed by atoms with E-state index in [9.17, 15) is 31.9 Å². The summed E-state index contributed by atoms with van der Waals surface area (Å²) in [5.41, 5.74) is 1.97. The van der Waals surface area contributed by atoms with E-state index in [1.165, 1.54) is 26.1 Å². The van der Waals surface area contributed by atoms with Gasteiger partial charge in [0.25, 0.3) is 11.8 Å². The number of benzene rings is 1. The number of hydrogen-bond donors (Lipinski definition) is 2. The van der Waals surface area contributed by atoms with Gasteiger partial charge in [-0.15, -0.1) is 0 Å². The number of aromatic nitrogens is 1. The normalized spacial score (nSPS) is 28.5. The Morgan fingerprint density at radius 2 is 1.85 bits per heavy atom. The summed E-state index contributed by atoms with van der Waals surface area (Å²) >= 11 is 0. The molecular formula is C26H26F5N3O5. The van der Waals surface area contributed by atoms with Crippen LogP contribution < -0.4 is 15.8 Å². The Balaban J connectivity index is 1.73. The van der Waals surface area contributed by atoms with E-state index < -0.39 is 65.0 Å². The Labute approximate surface area is 220 Å². The highest BCUT2D eigenvalue weighted by Gasteiger charge is 2.66. The van der Waals surface area contributed by atoms with Crippen LogP contribution in [-0.4, -0.2) is 46.6 Å². The van der Waals surface area contributed by atoms with Crippen LogP contribution in [0.15, 0.2) is 30.5 Å². The lowest BCUT2D eigenvalue weighted by molar-refractivity contribution is -0.272. The van der Waals surface area contributed by atoms with E-state index in [1.807, 2.05) is 0 Å². The largest absolute Gasteiger partial charge is 0.487 e. The number of halogens is 5. The molecule has 8 nitrogen and oxygen atoms in total. The fourth-order valence-electron chi connectivity index (χ4n) is 4.97. The molecule has 210 valence electrons. The van der Waals surface area contributed by atoms with Crippen LogP contribution in [-0.2, 0) is 14.3 Å². The molecule has 1 aromatic carbocycles. The molecule has 1 aliphatic carbocycles. The number of nitrogens with two attached hydrogens (primary N) is 1. The lowest BCUT2D eigenvalue weighted by atomic mass is 9.76. The summed E-state index contributed by atoms with van der Waals surface area (Å²) in [6, 6.07) is 4.22. The average molecular weight is 556 g/mol. The minimum absolute atomic E-state index is 0.00548. The van der Waals surface area contributed by atoms with Gasteiger partial charge in [0, 0.05) is 35.2 Å². The molecule has 0 radical (unpaired) electrons. The Kier molecular flexibility index (Phi) is 7.41. The van der Waals surface area contributed by atoms with E-state index in [4.69, 9.17) is 15.2 Å². The molecule has 2 heterocycles. The number of carbonyl (C=O) groups is 3. The molecule has 0 spiro atoms. The van der Waals surface area contributed by atoms with Gasteiger partial charge in [0.2, 0.25) is 5.82 Å². The van der Waals surface area contributed by atoms with Gasteiger partial charge in [0.15, 0.2) is 17.2 Å². The lowest BCUT2D eigenvalue weighted by Gasteiger charge is -2.35. The summed E-state index contributed by atoms with van der Waals surface area (Å²) in [5, 5.41) is 2.39. The van der Waals surface area contributed by atoms with Crippen molar-refractivity contribution >= 4 is 23.3 Å². The Bertz CT molecular complexity index is 1310. The number of hydrogen-bond acceptors (Lipinski definition) is 6. The number of primary amides is 1. The van der Waals surface area contributed by atoms with Crippen molar-refractivity contribution in [2.75, 3.05) is 5.32 Å². The third kappa shape index (κ3) is 5.19. The van der Waals surface area contributed by atoms with Crippen LogP contribution in [0.1, 0.15) is 55.6 Å². The first-order chi connectivity index (χ1) is 18.1. The van der Waals surface area contributed by atoms with Crippen LogP contribution in [0.5, 0.6) is 5.75 Å². The molecule has 2 aromatic rings. The molecule has 0 unspecified atom stereocenters. The van der Waals surface area contributed by atoms with Crippen molar-refractivity contribution in [3.63, 3.8) is 0 Å². The second-order valence-electron chi connectivity index (χ2n) is 10.0. The van der Waals surface area contributed by atoms with Gasteiger partial charge in [-0.05, 0) is 44.9 Å². The number of pyridine rings is 1. The van der Waals surface area contributed by atoms with Gasteiger partial charge in [0.05, 0.1) is 0 Å². The van der Waals surface area contributed by atoms with E-state index in [-0.39, 0.29) is 41.5 Å². The van der Waals surface area contributed by atoms with Crippen molar-refractivity contribution in [2.45, 2.75) is 63.5 Å². The van der Waals surface area contributed by atoms with Crippen LogP contribution in [0.3, 0.4) is 0 Å². The van der Waals surface area contributed by atoms with Crippen LogP contribution in [0, 0.1) is 23.5 Å². The average Bonchev–Trinajstić information content (AvgIpc) is 3.10. The SMILES string of the molecule is CC(=O)[C@H]1C[C@@H](Oc2c([C@H]3[C@H](C(=O)Nc4ccnc(C(N)=O)c4)O[C@@](C)(C(F)(F)F)[C@H]3C)ccc(F)c2F)C1. The van der Waals surface area contributed by atoms with Gasteiger partial charge in [-0.3, -0.25) is 19.4 Å². The molecule has 0 bridgehead atoms. The van der Waals surface area contributed by atoms with Crippen LogP contribution in [0.2, 0.25) is 0 Å². The highest BCUT2D eigenvalue weighted by Crippen LogP contribution is 2.55. The van der Waals surface area contributed by atoms with Crippen molar-refractivity contribution in [3.8, 4) is 5.75 Å². The predicted molar refractivity (Wildman–Crippen MR) is 127 cm³/mol. The first kappa shape index (κ1) is 28.4.